The summed E-state index contributed by atoms with van der Waals surface area (Å²) in [6.45, 7) is 0.982. The van der Waals surface area contributed by atoms with Gasteiger partial charge < -0.3 is 10.6 Å². The van der Waals surface area contributed by atoms with Gasteiger partial charge in [0.2, 0.25) is 0 Å². The Morgan fingerprint density at radius 2 is 2.08 bits per heavy atom. The molecule has 2 N–H and O–H groups in total. The van der Waals surface area contributed by atoms with E-state index in [4.69, 9.17) is 5.73 Å². The molecule has 1 aromatic rings. The van der Waals surface area contributed by atoms with E-state index < -0.39 is 11.6 Å². The van der Waals surface area contributed by atoms with Gasteiger partial charge in [-0.1, -0.05) is 0 Å². The third kappa shape index (κ3) is 2.39. The molecule has 0 saturated carbocycles. The van der Waals surface area contributed by atoms with Crippen molar-refractivity contribution in [2.75, 3.05) is 25.0 Å². The molecular weight excluding hydrogens is 174 g/mol. The third-order valence-electron chi connectivity index (χ3n) is 1.79. The van der Waals surface area contributed by atoms with Gasteiger partial charge in [0.05, 0.1) is 5.69 Å². The first-order valence-electron chi connectivity index (χ1n) is 4.01. The summed E-state index contributed by atoms with van der Waals surface area (Å²) in [5.41, 5.74) is 5.68. The highest BCUT2D eigenvalue weighted by Gasteiger charge is 2.06. The fourth-order valence-corrected chi connectivity index (χ4v) is 1.10. The second-order valence-corrected chi connectivity index (χ2v) is 2.81. The minimum Gasteiger partial charge on any atom is -0.371 e. The Morgan fingerprint density at radius 3 is 2.62 bits per heavy atom. The zero-order valence-electron chi connectivity index (χ0n) is 7.43. The van der Waals surface area contributed by atoms with Gasteiger partial charge in [0.15, 0.2) is 0 Å². The van der Waals surface area contributed by atoms with Gasteiger partial charge >= 0.3 is 0 Å². The van der Waals surface area contributed by atoms with Gasteiger partial charge in [-0.2, -0.15) is 0 Å². The molecule has 0 bridgehead atoms. The SMILES string of the molecule is CN(CCN)c1ccc(F)cc1F. The van der Waals surface area contributed by atoms with E-state index in [-0.39, 0.29) is 0 Å². The summed E-state index contributed by atoms with van der Waals surface area (Å²) in [4.78, 5) is 1.65. The van der Waals surface area contributed by atoms with Crippen LogP contribution in [0.15, 0.2) is 18.2 Å². The van der Waals surface area contributed by atoms with Crippen LogP contribution < -0.4 is 10.6 Å². The molecule has 0 aliphatic rings. The lowest BCUT2D eigenvalue weighted by atomic mass is 10.2. The lowest BCUT2D eigenvalue weighted by molar-refractivity contribution is 0.581. The number of nitrogens with two attached hydrogens (primary N) is 1. The van der Waals surface area contributed by atoms with Crippen LogP contribution in [0.25, 0.3) is 0 Å². The predicted molar refractivity (Wildman–Crippen MR) is 48.7 cm³/mol. The summed E-state index contributed by atoms with van der Waals surface area (Å²) in [5, 5.41) is 0. The van der Waals surface area contributed by atoms with E-state index in [1.807, 2.05) is 0 Å². The molecule has 1 aromatic carbocycles. The molecule has 1 rings (SSSR count). The normalized spacial score (nSPS) is 10.2. The Morgan fingerprint density at radius 1 is 1.38 bits per heavy atom. The minimum atomic E-state index is -0.567. The molecule has 0 atom stereocenters. The zero-order valence-corrected chi connectivity index (χ0v) is 7.43. The molecule has 0 saturated heterocycles. The molecule has 0 aromatic heterocycles. The van der Waals surface area contributed by atoms with E-state index in [0.717, 1.165) is 6.07 Å². The van der Waals surface area contributed by atoms with Crippen molar-refractivity contribution in [2.24, 2.45) is 5.73 Å². The van der Waals surface area contributed by atoms with Gasteiger partial charge in [-0.3, -0.25) is 0 Å². The quantitative estimate of drug-likeness (QED) is 0.772. The highest BCUT2D eigenvalue weighted by molar-refractivity contribution is 5.46. The first-order valence-corrected chi connectivity index (χ1v) is 4.01. The Bertz CT molecular complexity index is 289. The lowest BCUT2D eigenvalue weighted by Crippen LogP contribution is -2.25. The lowest BCUT2D eigenvalue weighted by Gasteiger charge is -2.18. The molecule has 0 aliphatic heterocycles. The van der Waals surface area contributed by atoms with Crippen LogP contribution in [0.1, 0.15) is 0 Å². The van der Waals surface area contributed by atoms with Crippen LogP contribution in [0.3, 0.4) is 0 Å². The molecule has 0 unspecified atom stereocenters. The largest absolute Gasteiger partial charge is 0.371 e. The molecule has 72 valence electrons. The number of benzene rings is 1. The molecule has 0 heterocycles. The standard InChI is InChI=1S/C9H12F2N2/c1-13(5-4-12)9-3-2-7(10)6-8(9)11/h2-3,6H,4-5,12H2,1H3. The molecule has 0 spiro atoms. The summed E-state index contributed by atoms with van der Waals surface area (Å²) >= 11 is 0. The van der Waals surface area contributed by atoms with Crippen molar-refractivity contribution in [3.63, 3.8) is 0 Å². The summed E-state index contributed by atoms with van der Waals surface area (Å²) in [6.07, 6.45) is 0. The number of hydrogen-bond acceptors (Lipinski definition) is 2. The van der Waals surface area contributed by atoms with E-state index in [2.05, 4.69) is 0 Å². The van der Waals surface area contributed by atoms with Crippen molar-refractivity contribution in [1.82, 2.24) is 0 Å². The number of likely N-dealkylation sites (N-methyl/N-ethyl adjacent to an activating group) is 1. The average molecular weight is 186 g/mol. The second kappa shape index (κ2) is 4.18. The summed E-state index contributed by atoms with van der Waals surface area (Å²) < 4.78 is 25.6. The molecule has 0 fully saturated rings. The highest BCUT2D eigenvalue weighted by atomic mass is 19.1. The van der Waals surface area contributed by atoms with E-state index in [1.165, 1.54) is 12.1 Å². The third-order valence-corrected chi connectivity index (χ3v) is 1.79. The van der Waals surface area contributed by atoms with Crippen molar-refractivity contribution >= 4 is 5.69 Å². The fourth-order valence-electron chi connectivity index (χ4n) is 1.10. The van der Waals surface area contributed by atoms with Crippen LogP contribution >= 0.6 is 0 Å². The van der Waals surface area contributed by atoms with Crippen LogP contribution in [0.2, 0.25) is 0 Å². The maximum absolute atomic E-state index is 13.1. The number of rotatable bonds is 3. The number of halogens is 2. The van der Waals surface area contributed by atoms with E-state index in [0.29, 0.717) is 18.8 Å². The van der Waals surface area contributed by atoms with Crippen molar-refractivity contribution in [2.45, 2.75) is 0 Å². The Labute approximate surface area is 76.0 Å². The maximum Gasteiger partial charge on any atom is 0.149 e. The summed E-state index contributed by atoms with van der Waals surface area (Å²) in [6, 6.07) is 3.49. The predicted octanol–water partition coefficient (Wildman–Crippen LogP) is 1.36. The number of anilines is 1. The average Bonchev–Trinajstić information content (AvgIpc) is 2.04. The van der Waals surface area contributed by atoms with Crippen LogP contribution in [0.4, 0.5) is 14.5 Å². The number of nitrogens with zero attached hydrogens (tertiary/aromatic N) is 1. The fraction of sp³-hybridized carbons (Fsp3) is 0.333. The van der Waals surface area contributed by atoms with E-state index in [1.54, 1.807) is 11.9 Å². The van der Waals surface area contributed by atoms with Gasteiger partial charge in [0, 0.05) is 26.2 Å². The minimum absolute atomic E-state index is 0.367. The maximum atomic E-state index is 13.1. The van der Waals surface area contributed by atoms with Gasteiger partial charge in [0.1, 0.15) is 11.6 Å². The van der Waals surface area contributed by atoms with Gasteiger partial charge in [0.25, 0.3) is 0 Å². The van der Waals surface area contributed by atoms with Crippen LogP contribution in [0.5, 0.6) is 0 Å². The molecule has 13 heavy (non-hydrogen) atoms. The second-order valence-electron chi connectivity index (χ2n) is 2.81. The number of hydrogen-bond donors (Lipinski definition) is 1. The first-order chi connectivity index (χ1) is 6.15. The topological polar surface area (TPSA) is 29.3 Å². The molecule has 2 nitrogen and oxygen atoms in total. The van der Waals surface area contributed by atoms with Crippen molar-refractivity contribution in [3.8, 4) is 0 Å². The molecule has 0 amide bonds. The van der Waals surface area contributed by atoms with Crippen molar-refractivity contribution in [3.05, 3.63) is 29.8 Å². The van der Waals surface area contributed by atoms with Gasteiger partial charge in [-0.25, -0.2) is 8.78 Å². The Kier molecular flexibility index (Phi) is 3.19. The molecule has 0 radical (unpaired) electrons. The summed E-state index contributed by atoms with van der Waals surface area (Å²) in [7, 11) is 1.71. The first kappa shape index (κ1) is 9.92. The summed E-state index contributed by atoms with van der Waals surface area (Å²) in [5.74, 6) is -1.13. The monoisotopic (exact) mass is 186 g/mol. The van der Waals surface area contributed by atoms with E-state index >= 15 is 0 Å². The highest BCUT2D eigenvalue weighted by Crippen LogP contribution is 2.18. The van der Waals surface area contributed by atoms with Crippen molar-refractivity contribution in [1.29, 1.82) is 0 Å². The smallest absolute Gasteiger partial charge is 0.149 e. The Hall–Kier alpha value is -1.16. The van der Waals surface area contributed by atoms with Crippen LogP contribution in [-0.2, 0) is 0 Å². The van der Waals surface area contributed by atoms with Crippen LogP contribution in [-0.4, -0.2) is 20.1 Å². The Balaban J connectivity index is 2.88. The molecular formula is C9H12F2N2. The zero-order chi connectivity index (χ0) is 9.84. The van der Waals surface area contributed by atoms with E-state index in [9.17, 15) is 8.78 Å². The molecule has 0 aliphatic carbocycles. The molecule has 4 heteroatoms. The van der Waals surface area contributed by atoms with Crippen molar-refractivity contribution < 1.29 is 8.78 Å². The van der Waals surface area contributed by atoms with Gasteiger partial charge in [-0.05, 0) is 12.1 Å². The van der Waals surface area contributed by atoms with Crippen LogP contribution in [0, 0.1) is 11.6 Å². The van der Waals surface area contributed by atoms with Gasteiger partial charge in [-0.15, -0.1) is 0 Å².